The first-order valence-corrected chi connectivity index (χ1v) is 4.20. The minimum atomic E-state index is 0.346. The predicted octanol–water partition coefficient (Wildman–Crippen LogP) is 1.15. The highest BCUT2D eigenvalue weighted by Gasteiger charge is 2.26. The van der Waals surface area contributed by atoms with Crippen molar-refractivity contribution < 1.29 is 4.74 Å². The molecular weight excluding hydrogens is 126 g/mol. The summed E-state index contributed by atoms with van der Waals surface area (Å²) in [5.41, 5.74) is 5.54. The van der Waals surface area contributed by atoms with E-state index < -0.39 is 0 Å². The molecule has 0 aromatic rings. The van der Waals surface area contributed by atoms with Gasteiger partial charge in [0, 0.05) is 13.2 Å². The van der Waals surface area contributed by atoms with E-state index in [1.807, 2.05) is 6.92 Å². The van der Waals surface area contributed by atoms with Crippen molar-refractivity contribution in [3.8, 4) is 0 Å². The molecule has 1 unspecified atom stereocenters. The second-order valence-corrected chi connectivity index (χ2v) is 2.92. The maximum absolute atomic E-state index is 5.54. The summed E-state index contributed by atoms with van der Waals surface area (Å²) < 4.78 is 5.47. The van der Waals surface area contributed by atoms with E-state index in [9.17, 15) is 0 Å². The molecule has 0 bridgehead atoms. The van der Waals surface area contributed by atoms with E-state index in [0.29, 0.717) is 12.6 Å². The van der Waals surface area contributed by atoms with Crippen molar-refractivity contribution in [2.45, 2.75) is 32.3 Å². The molecule has 0 spiro atoms. The third kappa shape index (κ3) is 1.70. The van der Waals surface area contributed by atoms with E-state index in [0.717, 1.165) is 12.5 Å². The topological polar surface area (TPSA) is 35.2 Å². The second-order valence-electron chi connectivity index (χ2n) is 2.92. The van der Waals surface area contributed by atoms with Gasteiger partial charge in [-0.25, -0.2) is 0 Å². The zero-order valence-corrected chi connectivity index (χ0v) is 6.68. The fraction of sp³-hybridized carbons (Fsp3) is 1.00. The van der Waals surface area contributed by atoms with E-state index in [4.69, 9.17) is 10.5 Å². The van der Waals surface area contributed by atoms with Crippen LogP contribution in [0.2, 0.25) is 0 Å². The summed E-state index contributed by atoms with van der Waals surface area (Å²) >= 11 is 0. The van der Waals surface area contributed by atoms with Crippen LogP contribution in [-0.4, -0.2) is 19.3 Å². The van der Waals surface area contributed by atoms with Crippen LogP contribution in [0, 0.1) is 5.92 Å². The molecule has 1 aliphatic rings. The second kappa shape index (κ2) is 3.94. The lowest BCUT2D eigenvalue weighted by Gasteiger charge is -2.32. The third-order valence-corrected chi connectivity index (χ3v) is 2.29. The molecule has 10 heavy (non-hydrogen) atoms. The lowest BCUT2D eigenvalue weighted by Crippen LogP contribution is -2.35. The van der Waals surface area contributed by atoms with Crippen molar-refractivity contribution >= 4 is 0 Å². The lowest BCUT2D eigenvalue weighted by atomic mass is 9.81. The molecule has 1 rings (SSSR count). The Kier molecular flexibility index (Phi) is 3.16. The van der Waals surface area contributed by atoms with Crippen molar-refractivity contribution in [2.75, 3.05) is 13.2 Å². The molecule has 2 heteroatoms. The maximum Gasteiger partial charge on any atom is 0.0725 e. The van der Waals surface area contributed by atoms with Gasteiger partial charge in [-0.2, -0.15) is 0 Å². The van der Waals surface area contributed by atoms with E-state index in [1.165, 1.54) is 19.3 Å². The van der Waals surface area contributed by atoms with Crippen LogP contribution in [0.15, 0.2) is 0 Å². The molecule has 0 radical (unpaired) electrons. The molecule has 0 amide bonds. The van der Waals surface area contributed by atoms with Gasteiger partial charge in [-0.05, 0) is 25.7 Å². The molecule has 0 saturated heterocycles. The molecule has 1 saturated carbocycles. The van der Waals surface area contributed by atoms with Gasteiger partial charge in [0.15, 0.2) is 0 Å². The molecular formula is C8H17NO. The highest BCUT2D eigenvalue weighted by atomic mass is 16.5. The van der Waals surface area contributed by atoms with Gasteiger partial charge in [0.25, 0.3) is 0 Å². The summed E-state index contributed by atoms with van der Waals surface area (Å²) in [6, 6.07) is 0. The van der Waals surface area contributed by atoms with Gasteiger partial charge in [0.1, 0.15) is 0 Å². The molecule has 1 aliphatic carbocycles. The van der Waals surface area contributed by atoms with Gasteiger partial charge in [-0.3, -0.25) is 0 Å². The van der Waals surface area contributed by atoms with E-state index in [1.54, 1.807) is 0 Å². The highest BCUT2D eigenvalue weighted by Crippen LogP contribution is 2.30. The fourth-order valence-corrected chi connectivity index (χ4v) is 1.42. The Bertz CT molecular complexity index is 91.3. The maximum atomic E-state index is 5.54. The Morgan fingerprint density at radius 1 is 1.60 bits per heavy atom. The van der Waals surface area contributed by atoms with Crippen LogP contribution < -0.4 is 5.73 Å². The van der Waals surface area contributed by atoms with Gasteiger partial charge in [-0.1, -0.05) is 6.42 Å². The van der Waals surface area contributed by atoms with Crippen LogP contribution in [0.1, 0.15) is 26.2 Å². The van der Waals surface area contributed by atoms with Crippen LogP contribution in [0.4, 0.5) is 0 Å². The summed E-state index contributed by atoms with van der Waals surface area (Å²) in [6.45, 7) is 3.53. The number of ether oxygens (including phenoxy) is 1. The van der Waals surface area contributed by atoms with Crippen molar-refractivity contribution in [1.82, 2.24) is 0 Å². The first-order chi connectivity index (χ1) is 4.88. The number of hydrogen-bond donors (Lipinski definition) is 1. The normalized spacial score (nSPS) is 22.2. The van der Waals surface area contributed by atoms with Gasteiger partial charge >= 0.3 is 0 Å². The molecule has 1 atom stereocenters. The standard InChI is InChI=1S/C8H17NO/c1-2-10-8(6-9)7-4-3-5-7/h7-8H,2-6,9H2,1H3. The molecule has 0 heterocycles. The molecule has 60 valence electrons. The summed E-state index contributed by atoms with van der Waals surface area (Å²) in [7, 11) is 0. The number of hydrogen-bond acceptors (Lipinski definition) is 2. The summed E-state index contributed by atoms with van der Waals surface area (Å²) in [5.74, 6) is 0.768. The van der Waals surface area contributed by atoms with Crippen LogP contribution >= 0.6 is 0 Å². The van der Waals surface area contributed by atoms with Crippen LogP contribution in [0.3, 0.4) is 0 Å². The zero-order chi connectivity index (χ0) is 7.40. The zero-order valence-electron chi connectivity index (χ0n) is 6.68. The number of nitrogens with two attached hydrogens (primary N) is 1. The Morgan fingerprint density at radius 3 is 2.60 bits per heavy atom. The molecule has 2 nitrogen and oxygen atoms in total. The van der Waals surface area contributed by atoms with Gasteiger partial charge in [0.2, 0.25) is 0 Å². The average molecular weight is 143 g/mol. The smallest absolute Gasteiger partial charge is 0.0725 e. The third-order valence-electron chi connectivity index (χ3n) is 2.29. The Balaban J connectivity index is 2.17. The van der Waals surface area contributed by atoms with Crippen molar-refractivity contribution in [2.24, 2.45) is 11.7 Å². The quantitative estimate of drug-likeness (QED) is 0.640. The monoisotopic (exact) mass is 143 g/mol. The molecule has 1 fully saturated rings. The van der Waals surface area contributed by atoms with Crippen LogP contribution in [0.25, 0.3) is 0 Å². The minimum Gasteiger partial charge on any atom is -0.377 e. The van der Waals surface area contributed by atoms with Gasteiger partial charge < -0.3 is 10.5 Å². The summed E-state index contributed by atoms with van der Waals surface area (Å²) in [5, 5.41) is 0. The largest absolute Gasteiger partial charge is 0.377 e. The Morgan fingerprint density at radius 2 is 2.30 bits per heavy atom. The molecule has 0 aliphatic heterocycles. The summed E-state index contributed by atoms with van der Waals surface area (Å²) in [6.07, 6.45) is 4.36. The highest BCUT2D eigenvalue weighted by molar-refractivity contribution is 4.78. The Labute approximate surface area is 62.7 Å². The summed E-state index contributed by atoms with van der Waals surface area (Å²) in [4.78, 5) is 0. The van der Waals surface area contributed by atoms with Crippen LogP contribution in [-0.2, 0) is 4.74 Å². The van der Waals surface area contributed by atoms with E-state index in [2.05, 4.69) is 0 Å². The molecule has 0 aromatic heterocycles. The Hall–Kier alpha value is -0.0800. The van der Waals surface area contributed by atoms with Crippen molar-refractivity contribution in [1.29, 1.82) is 0 Å². The molecule has 2 N–H and O–H groups in total. The van der Waals surface area contributed by atoms with Crippen LogP contribution in [0.5, 0.6) is 0 Å². The average Bonchev–Trinajstić information content (AvgIpc) is 1.83. The SMILES string of the molecule is CCOC(CN)C1CCC1. The molecule has 0 aromatic carbocycles. The fourth-order valence-electron chi connectivity index (χ4n) is 1.42. The van der Waals surface area contributed by atoms with Gasteiger partial charge in [-0.15, -0.1) is 0 Å². The first kappa shape index (κ1) is 8.02. The van der Waals surface area contributed by atoms with Crippen molar-refractivity contribution in [3.05, 3.63) is 0 Å². The predicted molar refractivity (Wildman–Crippen MR) is 41.8 cm³/mol. The lowest BCUT2D eigenvalue weighted by molar-refractivity contribution is -0.00106. The van der Waals surface area contributed by atoms with E-state index in [-0.39, 0.29) is 0 Å². The van der Waals surface area contributed by atoms with Gasteiger partial charge in [0.05, 0.1) is 6.10 Å². The van der Waals surface area contributed by atoms with E-state index >= 15 is 0 Å². The first-order valence-electron chi connectivity index (χ1n) is 4.20. The number of rotatable bonds is 4. The minimum absolute atomic E-state index is 0.346. The van der Waals surface area contributed by atoms with Crippen molar-refractivity contribution in [3.63, 3.8) is 0 Å².